The first kappa shape index (κ1) is 12.4. The quantitative estimate of drug-likeness (QED) is 0.847. The summed E-state index contributed by atoms with van der Waals surface area (Å²) in [6.07, 6.45) is 4.28. The minimum Gasteiger partial charge on any atom is -0.377 e. The minimum absolute atomic E-state index is 0.326. The highest BCUT2D eigenvalue weighted by molar-refractivity contribution is 5.89. The number of rotatable bonds is 3. The lowest BCUT2D eigenvalue weighted by atomic mass is 10.1. The monoisotopic (exact) mass is 257 g/mol. The van der Waals surface area contributed by atoms with Crippen molar-refractivity contribution >= 4 is 16.7 Å². The van der Waals surface area contributed by atoms with Gasteiger partial charge in [-0.25, -0.2) is 9.97 Å². The lowest BCUT2D eigenvalue weighted by Crippen LogP contribution is -2.40. The number of piperidine rings is 1. The predicted octanol–water partition coefficient (Wildman–Crippen LogP) is 2.64. The zero-order valence-corrected chi connectivity index (χ0v) is 11.2. The molecule has 1 aliphatic rings. The molecule has 1 fully saturated rings. The van der Waals surface area contributed by atoms with Gasteiger partial charge in [-0.3, -0.25) is 0 Å². The second-order valence-corrected chi connectivity index (χ2v) is 4.88. The molecule has 4 nitrogen and oxygen atoms in total. The fourth-order valence-corrected chi connectivity index (χ4v) is 2.74. The molecule has 0 saturated carbocycles. The Bertz CT molecular complexity index is 551. The van der Waals surface area contributed by atoms with E-state index in [-0.39, 0.29) is 0 Å². The number of hydrogen-bond donors (Lipinski definition) is 0. The highest BCUT2D eigenvalue weighted by Crippen LogP contribution is 2.26. The molecular weight excluding hydrogens is 238 g/mol. The summed E-state index contributed by atoms with van der Waals surface area (Å²) < 4.78 is 5.76. The third-order valence-corrected chi connectivity index (χ3v) is 3.60. The lowest BCUT2D eigenvalue weighted by Gasteiger charge is -2.33. The van der Waals surface area contributed by atoms with Crippen molar-refractivity contribution in [3.05, 3.63) is 30.6 Å². The maximum absolute atomic E-state index is 5.76. The molecule has 0 aliphatic carbocycles. The normalized spacial score (nSPS) is 19.8. The van der Waals surface area contributed by atoms with Gasteiger partial charge in [0.05, 0.1) is 11.6 Å². The Morgan fingerprint density at radius 3 is 3.11 bits per heavy atom. The van der Waals surface area contributed by atoms with Gasteiger partial charge in [-0.15, -0.1) is 0 Å². The van der Waals surface area contributed by atoms with E-state index in [1.54, 1.807) is 6.33 Å². The van der Waals surface area contributed by atoms with Gasteiger partial charge in [0.2, 0.25) is 0 Å². The molecule has 1 aliphatic heterocycles. The van der Waals surface area contributed by atoms with E-state index in [9.17, 15) is 0 Å². The topological polar surface area (TPSA) is 38.2 Å². The number of anilines is 1. The summed E-state index contributed by atoms with van der Waals surface area (Å²) in [5.74, 6) is 1.04. The van der Waals surface area contributed by atoms with Gasteiger partial charge in [0.25, 0.3) is 0 Å². The first-order valence-corrected chi connectivity index (χ1v) is 6.95. The molecular formula is C15H19N3O. The molecule has 0 amide bonds. The summed E-state index contributed by atoms with van der Waals surface area (Å²) in [6.45, 7) is 4.81. The number of para-hydroxylation sites is 1. The molecule has 0 radical (unpaired) electrons. The van der Waals surface area contributed by atoms with Crippen LogP contribution in [0.3, 0.4) is 0 Å². The van der Waals surface area contributed by atoms with Gasteiger partial charge in [0, 0.05) is 25.1 Å². The van der Waals surface area contributed by atoms with Crippen LogP contribution in [0.5, 0.6) is 0 Å². The zero-order chi connectivity index (χ0) is 13.1. The van der Waals surface area contributed by atoms with Crippen molar-refractivity contribution in [1.82, 2.24) is 9.97 Å². The molecule has 3 rings (SSSR count). The molecule has 0 N–H and O–H groups in total. The summed E-state index contributed by atoms with van der Waals surface area (Å²) in [5, 5.41) is 1.13. The van der Waals surface area contributed by atoms with Crippen molar-refractivity contribution in [2.75, 3.05) is 24.6 Å². The molecule has 2 aromatic rings. The van der Waals surface area contributed by atoms with Gasteiger partial charge < -0.3 is 9.64 Å². The Morgan fingerprint density at radius 2 is 2.21 bits per heavy atom. The molecule has 100 valence electrons. The Labute approximate surface area is 113 Å². The third-order valence-electron chi connectivity index (χ3n) is 3.60. The third kappa shape index (κ3) is 2.54. The second kappa shape index (κ2) is 5.53. The lowest BCUT2D eigenvalue weighted by molar-refractivity contribution is 0.0526. The molecule has 1 aromatic heterocycles. The van der Waals surface area contributed by atoms with Crippen LogP contribution in [0.4, 0.5) is 5.82 Å². The Kier molecular flexibility index (Phi) is 3.60. The number of aromatic nitrogens is 2. The van der Waals surface area contributed by atoms with Gasteiger partial charge in [-0.1, -0.05) is 12.1 Å². The molecule has 1 atom stereocenters. The summed E-state index contributed by atoms with van der Waals surface area (Å²) in [6, 6.07) is 8.18. The van der Waals surface area contributed by atoms with E-state index >= 15 is 0 Å². The summed E-state index contributed by atoms with van der Waals surface area (Å²) in [4.78, 5) is 11.1. The number of ether oxygens (including phenoxy) is 1. The standard InChI is InChI=1S/C15H19N3O/c1-2-19-12-6-5-9-18(10-12)15-13-7-3-4-8-14(13)16-11-17-15/h3-4,7-8,11-12H,2,5-6,9-10H2,1H3. The molecule has 0 spiro atoms. The van der Waals surface area contributed by atoms with E-state index in [4.69, 9.17) is 4.74 Å². The van der Waals surface area contributed by atoms with Crippen LogP contribution >= 0.6 is 0 Å². The van der Waals surface area contributed by atoms with Crippen LogP contribution in [0, 0.1) is 0 Å². The number of nitrogens with zero attached hydrogens (tertiary/aromatic N) is 3. The van der Waals surface area contributed by atoms with Crippen molar-refractivity contribution in [3.8, 4) is 0 Å². The van der Waals surface area contributed by atoms with Crippen molar-refractivity contribution in [3.63, 3.8) is 0 Å². The van der Waals surface area contributed by atoms with Crippen molar-refractivity contribution < 1.29 is 4.74 Å². The van der Waals surface area contributed by atoms with Gasteiger partial charge in [-0.05, 0) is 31.9 Å². The van der Waals surface area contributed by atoms with Crippen molar-refractivity contribution in [1.29, 1.82) is 0 Å². The Balaban J connectivity index is 1.91. The van der Waals surface area contributed by atoms with Crippen LogP contribution in [0.25, 0.3) is 10.9 Å². The van der Waals surface area contributed by atoms with Gasteiger partial charge in [0.1, 0.15) is 12.1 Å². The van der Waals surface area contributed by atoms with E-state index in [1.807, 2.05) is 18.2 Å². The number of hydrogen-bond acceptors (Lipinski definition) is 4. The maximum atomic E-state index is 5.76. The van der Waals surface area contributed by atoms with E-state index in [2.05, 4.69) is 27.9 Å². The molecule has 19 heavy (non-hydrogen) atoms. The zero-order valence-electron chi connectivity index (χ0n) is 11.2. The highest BCUT2D eigenvalue weighted by atomic mass is 16.5. The Hall–Kier alpha value is -1.68. The second-order valence-electron chi connectivity index (χ2n) is 4.88. The van der Waals surface area contributed by atoms with Crippen molar-refractivity contribution in [2.24, 2.45) is 0 Å². The van der Waals surface area contributed by atoms with Crippen LogP contribution in [-0.4, -0.2) is 35.8 Å². The van der Waals surface area contributed by atoms with Crippen LogP contribution in [0.2, 0.25) is 0 Å². The molecule has 1 unspecified atom stereocenters. The van der Waals surface area contributed by atoms with Gasteiger partial charge in [0.15, 0.2) is 0 Å². The van der Waals surface area contributed by atoms with Gasteiger partial charge in [-0.2, -0.15) is 0 Å². The summed E-state index contributed by atoms with van der Waals surface area (Å²) in [5.41, 5.74) is 1.01. The first-order valence-electron chi connectivity index (χ1n) is 6.95. The van der Waals surface area contributed by atoms with Crippen LogP contribution in [-0.2, 0) is 4.74 Å². The highest BCUT2D eigenvalue weighted by Gasteiger charge is 2.22. The molecule has 4 heteroatoms. The molecule has 0 bridgehead atoms. The fourth-order valence-electron chi connectivity index (χ4n) is 2.74. The number of benzene rings is 1. The summed E-state index contributed by atoms with van der Waals surface area (Å²) in [7, 11) is 0. The first-order chi connectivity index (χ1) is 9.38. The van der Waals surface area contributed by atoms with E-state index in [1.165, 1.54) is 0 Å². The average Bonchev–Trinajstić information content (AvgIpc) is 2.47. The SMILES string of the molecule is CCOC1CCCN(c2ncnc3ccccc23)C1. The van der Waals surface area contributed by atoms with Crippen LogP contribution < -0.4 is 4.90 Å². The molecule has 1 saturated heterocycles. The van der Waals surface area contributed by atoms with E-state index < -0.39 is 0 Å². The van der Waals surface area contributed by atoms with Crippen molar-refractivity contribution in [2.45, 2.75) is 25.9 Å². The fraction of sp³-hybridized carbons (Fsp3) is 0.467. The largest absolute Gasteiger partial charge is 0.377 e. The maximum Gasteiger partial charge on any atom is 0.139 e. The van der Waals surface area contributed by atoms with E-state index in [0.29, 0.717) is 6.10 Å². The molecule has 2 heterocycles. The number of fused-ring (bicyclic) bond motifs is 1. The summed E-state index contributed by atoms with van der Waals surface area (Å²) >= 11 is 0. The van der Waals surface area contributed by atoms with E-state index in [0.717, 1.165) is 49.3 Å². The molecule has 1 aromatic carbocycles. The predicted molar refractivity (Wildman–Crippen MR) is 76.4 cm³/mol. The average molecular weight is 257 g/mol. The Morgan fingerprint density at radius 1 is 1.32 bits per heavy atom. The van der Waals surface area contributed by atoms with Crippen LogP contribution in [0.15, 0.2) is 30.6 Å². The minimum atomic E-state index is 0.326. The smallest absolute Gasteiger partial charge is 0.139 e. The van der Waals surface area contributed by atoms with Crippen LogP contribution in [0.1, 0.15) is 19.8 Å². The van der Waals surface area contributed by atoms with Gasteiger partial charge >= 0.3 is 0 Å².